The predicted molar refractivity (Wildman–Crippen MR) is 339 cm³/mol. The van der Waals surface area contributed by atoms with E-state index in [-0.39, 0.29) is 37.5 Å². The molecule has 0 N–H and O–H groups in total. The van der Waals surface area contributed by atoms with Gasteiger partial charge in [-0.1, -0.05) is 291 Å². The van der Waals surface area contributed by atoms with E-state index < -0.39 is 6.10 Å². The topological polar surface area (TPSA) is 78.9 Å². The highest BCUT2D eigenvalue weighted by Gasteiger charge is 2.19. The van der Waals surface area contributed by atoms with Gasteiger partial charge in [-0.05, 0) is 109 Å². The lowest BCUT2D eigenvalue weighted by Crippen LogP contribution is -2.30. The summed E-state index contributed by atoms with van der Waals surface area (Å²) in [6.45, 7) is 6.46. The maximum atomic E-state index is 12.9. The molecule has 0 saturated heterocycles. The molecule has 0 aromatic rings. The summed E-state index contributed by atoms with van der Waals surface area (Å²) in [5.41, 5.74) is 0. The Kier molecular flexibility index (Phi) is 62.7. The molecular weight excluding hydrogens is 961 g/mol. The van der Waals surface area contributed by atoms with E-state index in [1.165, 1.54) is 193 Å². The molecule has 0 aromatic carbocycles. The summed E-state index contributed by atoms with van der Waals surface area (Å²) in [6.07, 6.45) is 88.8. The third-order valence-electron chi connectivity index (χ3n) is 14.3. The summed E-state index contributed by atoms with van der Waals surface area (Å²) in [5, 5.41) is 0. The first-order valence-electron chi connectivity index (χ1n) is 33.2. The van der Waals surface area contributed by atoms with Crippen LogP contribution in [-0.4, -0.2) is 37.2 Å². The zero-order valence-electron chi connectivity index (χ0n) is 51.4. The molecule has 0 spiro atoms. The van der Waals surface area contributed by atoms with E-state index >= 15 is 0 Å². The Balaban J connectivity index is 4.27. The molecule has 0 rings (SSSR count). The summed E-state index contributed by atoms with van der Waals surface area (Å²) in [5.74, 6) is -0.984. The Morgan fingerprint density at radius 3 is 0.872 bits per heavy atom. The van der Waals surface area contributed by atoms with Gasteiger partial charge in [-0.2, -0.15) is 0 Å². The Bertz CT molecular complexity index is 1530. The van der Waals surface area contributed by atoms with Crippen molar-refractivity contribution in [1.29, 1.82) is 0 Å². The quantitative estimate of drug-likeness (QED) is 0.0261. The molecule has 1 atom stereocenters. The number of unbranched alkanes of at least 4 members (excludes halogenated alkanes) is 33. The van der Waals surface area contributed by atoms with E-state index in [0.717, 1.165) is 83.5 Å². The zero-order valence-corrected chi connectivity index (χ0v) is 51.4. The second kappa shape index (κ2) is 65.8. The van der Waals surface area contributed by atoms with E-state index in [1.54, 1.807) is 0 Å². The lowest BCUT2D eigenvalue weighted by atomic mass is 10.0. The molecule has 0 aliphatic rings. The summed E-state index contributed by atoms with van der Waals surface area (Å²) in [7, 11) is 0. The van der Waals surface area contributed by atoms with Crippen molar-refractivity contribution in [2.24, 2.45) is 0 Å². The van der Waals surface area contributed by atoms with Gasteiger partial charge >= 0.3 is 17.9 Å². The summed E-state index contributed by atoms with van der Waals surface area (Å²) in [6, 6.07) is 0. The van der Waals surface area contributed by atoms with Crippen LogP contribution in [0.15, 0.2) is 97.2 Å². The van der Waals surface area contributed by atoms with E-state index in [1.807, 2.05) is 6.08 Å². The van der Waals surface area contributed by atoms with Crippen molar-refractivity contribution in [3.63, 3.8) is 0 Å². The first kappa shape index (κ1) is 74.3. The van der Waals surface area contributed by atoms with Crippen molar-refractivity contribution < 1.29 is 28.6 Å². The van der Waals surface area contributed by atoms with Crippen LogP contribution in [0.2, 0.25) is 0 Å². The number of hydrogen-bond donors (Lipinski definition) is 0. The van der Waals surface area contributed by atoms with Crippen molar-refractivity contribution in [2.45, 2.75) is 329 Å². The van der Waals surface area contributed by atoms with Gasteiger partial charge in [0.2, 0.25) is 0 Å². The van der Waals surface area contributed by atoms with Gasteiger partial charge in [-0.3, -0.25) is 14.4 Å². The van der Waals surface area contributed by atoms with Crippen molar-refractivity contribution >= 4 is 17.9 Å². The molecule has 1 unspecified atom stereocenters. The van der Waals surface area contributed by atoms with Gasteiger partial charge in [0, 0.05) is 19.3 Å². The van der Waals surface area contributed by atoms with Crippen LogP contribution in [0.4, 0.5) is 0 Å². The highest BCUT2D eigenvalue weighted by Crippen LogP contribution is 2.17. The van der Waals surface area contributed by atoms with Crippen LogP contribution in [0.25, 0.3) is 0 Å². The standard InChI is InChI=1S/C72H124O6/c1-4-7-10-13-16-19-22-25-27-29-31-32-33-34-35-36-37-38-39-40-41-43-44-47-50-53-56-59-62-65-71(74)77-68-69(67-76-70(73)64-61-58-55-52-49-46-24-21-18-15-12-9-6-3)78-72(75)66-63-60-57-54-51-48-45-42-30-28-26-23-20-17-14-11-8-5-2/h9,12,18,20-23,25,28-31,46,49,55,58,69H,4-8,10-11,13-17,19,24,26-27,32-45,47-48,50-54,56-57,59-68H2,1-3H3/b12-9-,21-18-,23-20-,25-22-,30-28-,31-29-,49-46-,58-55-. The van der Waals surface area contributed by atoms with Gasteiger partial charge in [-0.15, -0.1) is 0 Å². The molecule has 0 aromatic heterocycles. The molecule has 0 saturated carbocycles. The van der Waals surface area contributed by atoms with Crippen LogP contribution in [0.3, 0.4) is 0 Å². The molecule has 0 fully saturated rings. The fourth-order valence-corrected chi connectivity index (χ4v) is 9.34. The number of hydrogen-bond acceptors (Lipinski definition) is 6. The average Bonchev–Trinajstić information content (AvgIpc) is 3.44. The number of carbonyl (C=O) groups excluding carboxylic acids is 3. The minimum Gasteiger partial charge on any atom is -0.462 e. The van der Waals surface area contributed by atoms with E-state index in [9.17, 15) is 14.4 Å². The molecule has 78 heavy (non-hydrogen) atoms. The van der Waals surface area contributed by atoms with E-state index in [2.05, 4.69) is 112 Å². The molecule has 0 aliphatic carbocycles. The summed E-state index contributed by atoms with van der Waals surface area (Å²) >= 11 is 0. The largest absolute Gasteiger partial charge is 0.462 e. The molecule has 0 heterocycles. The number of rotatable bonds is 60. The molecule has 0 aliphatic heterocycles. The van der Waals surface area contributed by atoms with Crippen molar-refractivity contribution in [3.8, 4) is 0 Å². The monoisotopic (exact) mass is 1080 g/mol. The van der Waals surface area contributed by atoms with Gasteiger partial charge in [0.25, 0.3) is 0 Å². The van der Waals surface area contributed by atoms with Crippen molar-refractivity contribution in [1.82, 2.24) is 0 Å². The van der Waals surface area contributed by atoms with E-state index in [4.69, 9.17) is 14.2 Å². The van der Waals surface area contributed by atoms with Crippen LogP contribution >= 0.6 is 0 Å². The molecule has 0 bridgehead atoms. The number of esters is 3. The normalized spacial score (nSPS) is 12.7. The van der Waals surface area contributed by atoms with Crippen LogP contribution < -0.4 is 0 Å². The van der Waals surface area contributed by atoms with Gasteiger partial charge in [0.1, 0.15) is 13.2 Å². The molecule has 0 radical (unpaired) electrons. The Labute approximate surface area is 483 Å². The lowest BCUT2D eigenvalue weighted by Gasteiger charge is -2.18. The molecule has 6 nitrogen and oxygen atoms in total. The third kappa shape index (κ3) is 63.2. The summed E-state index contributed by atoms with van der Waals surface area (Å²) < 4.78 is 16.8. The second-order valence-electron chi connectivity index (χ2n) is 22.0. The maximum Gasteiger partial charge on any atom is 0.306 e. The third-order valence-corrected chi connectivity index (χ3v) is 14.3. The number of allylic oxidation sites excluding steroid dienone is 16. The SMILES string of the molecule is CC/C=C\C/C=C\C/C=C\C/C=C\CCC(=O)OCC(COC(=O)CCCCCCCCCCCCCCCCCCC/C=C\C/C=C\CCCCCCC)OC(=O)CCCCCCCCC/C=C\C/C=C\CCCCCC. The van der Waals surface area contributed by atoms with Crippen LogP contribution in [-0.2, 0) is 28.6 Å². The molecule has 448 valence electrons. The highest BCUT2D eigenvalue weighted by molar-refractivity contribution is 5.71. The van der Waals surface area contributed by atoms with Crippen LogP contribution in [0.1, 0.15) is 323 Å². The number of ether oxygens (including phenoxy) is 3. The Morgan fingerprint density at radius 1 is 0.269 bits per heavy atom. The van der Waals surface area contributed by atoms with Crippen molar-refractivity contribution in [3.05, 3.63) is 97.2 Å². The first-order valence-corrected chi connectivity index (χ1v) is 33.2. The lowest BCUT2D eigenvalue weighted by molar-refractivity contribution is -0.166. The Morgan fingerprint density at radius 2 is 0.526 bits per heavy atom. The fraction of sp³-hybridized carbons (Fsp3) is 0.736. The fourth-order valence-electron chi connectivity index (χ4n) is 9.34. The molecule has 0 amide bonds. The second-order valence-corrected chi connectivity index (χ2v) is 22.0. The number of carbonyl (C=O) groups is 3. The maximum absolute atomic E-state index is 12.9. The van der Waals surface area contributed by atoms with Crippen LogP contribution in [0.5, 0.6) is 0 Å². The molecule has 6 heteroatoms. The molecular formula is C72H124O6. The zero-order chi connectivity index (χ0) is 56.4. The van der Waals surface area contributed by atoms with Gasteiger partial charge < -0.3 is 14.2 Å². The van der Waals surface area contributed by atoms with Gasteiger partial charge in [0.05, 0.1) is 0 Å². The van der Waals surface area contributed by atoms with E-state index in [0.29, 0.717) is 19.3 Å². The minimum atomic E-state index is -0.811. The summed E-state index contributed by atoms with van der Waals surface area (Å²) in [4.78, 5) is 38.3. The predicted octanol–water partition coefficient (Wildman–Crippen LogP) is 22.8. The minimum absolute atomic E-state index is 0.101. The highest BCUT2D eigenvalue weighted by atomic mass is 16.6. The van der Waals surface area contributed by atoms with Crippen LogP contribution in [0, 0.1) is 0 Å². The van der Waals surface area contributed by atoms with Crippen molar-refractivity contribution in [2.75, 3.05) is 13.2 Å². The average molecular weight is 1090 g/mol. The Hall–Kier alpha value is -3.67. The van der Waals surface area contributed by atoms with Gasteiger partial charge in [0.15, 0.2) is 6.10 Å². The first-order chi connectivity index (χ1) is 38.5. The smallest absolute Gasteiger partial charge is 0.306 e. The van der Waals surface area contributed by atoms with Gasteiger partial charge in [-0.25, -0.2) is 0 Å².